The van der Waals surface area contributed by atoms with Crippen LogP contribution >= 0.6 is 0 Å². The third kappa shape index (κ3) is 53.5. The molecule has 2 atom stereocenters. The Morgan fingerprint density at radius 1 is 0.418 bits per heavy atom. The van der Waals surface area contributed by atoms with E-state index >= 15 is 0 Å². The van der Waals surface area contributed by atoms with Crippen LogP contribution in [0.2, 0.25) is 0 Å². The van der Waals surface area contributed by atoms with Gasteiger partial charge in [-0.25, -0.2) is 0 Å². The molecule has 0 radical (unpaired) electrons. The van der Waals surface area contributed by atoms with Crippen LogP contribution in [0.5, 0.6) is 0 Å². The average molecular weight is 945 g/mol. The molecule has 2 unspecified atom stereocenters. The molecule has 0 rings (SSSR count). The Hall–Kier alpha value is -1.66. The van der Waals surface area contributed by atoms with E-state index < -0.39 is 12.1 Å². The maximum Gasteiger partial charge on any atom is 0.305 e. The van der Waals surface area contributed by atoms with E-state index in [-0.39, 0.29) is 18.5 Å². The first-order chi connectivity index (χ1) is 33.0. The molecule has 67 heavy (non-hydrogen) atoms. The standard InChI is InChI=1S/C61H117NO5/c1-3-5-7-9-11-13-15-16-17-18-25-28-31-35-39-43-47-51-55-61(66)67-56-52-48-44-40-36-32-29-26-23-21-19-20-22-24-27-30-34-38-42-46-50-54-60(65)62-58(57-63)59(64)53-49-45-41-37-33-14-12-10-8-6-4-2/h32,36,44,48,58-59,63-64H,3-31,33-35,37-43,45-47,49-57H2,1-2H3,(H,62,65)/b36-32-,48-44-. The van der Waals surface area contributed by atoms with Crippen molar-refractivity contribution >= 4 is 11.9 Å². The SMILES string of the molecule is CCCCCCCCCCCCCCCCCCCCC(=O)OCC/C=C\C/C=C\CCCCCCCCCCCCCCCCC(=O)NC(CO)C(O)CCCCCCCCCCCCC. The quantitative estimate of drug-likeness (QED) is 0.0321. The zero-order chi connectivity index (χ0) is 48.6. The summed E-state index contributed by atoms with van der Waals surface area (Å²) < 4.78 is 5.43. The Labute approximate surface area is 418 Å². The van der Waals surface area contributed by atoms with Crippen molar-refractivity contribution in [3.05, 3.63) is 24.3 Å². The molecule has 0 bridgehead atoms. The van der Waals surface area contributed by atoms with Gasteiger partial charge in [-0.05, 0) is 44.9 Å². The summed E-state index contributed by atoms with van der Waals surface area (Å²) >= 11 is 0. The molecule has 6 heteroatoms. The first-order valence-corrected chi connectivity index (χ1v) is 30.1. The minimum absolute atomic E-state index is 0.0306. The molecule has 0 spiro atoms. The number of carbonyl (C=O) groups excluding carboxylic acids is 2. The second-order valence-corrected chi connectivity index (χ2v) is 20.7. The van der Waals surface area contributed by atoms with Crippen LogP contribution in [0.1, 0.15) is 328 Å². The van der Waals surface area contributed by atoms with E-state index in [0.717, 1.165) is 51.4 Å². The lowest BCUT2D eigenvalue weighted by molar-refractivity contribution is -0.143. The summed E-state index contributed by atoms with van der Waals surface area (Å²) in [7, 11) is 0. The largest absolute Gasteiger partial charge is 0.465 e. The second kappa shape index (κ2) is 56.9. The van der Waals surface area contributed by atoms with Crippen LogP contribution < -0.4 is 5.32 Å². The Morgan fingerprint density at radius 2 is 0.746 bits per heavy atom. The van der Waals surface area contributed by atoms with E-state index in [0.29, 0.717) is 25.9 Å². The summed E-state index contributed by atoms with van der Waals surface area (Å²) in [4.78, 5) is 24.5. The smallest absolute Gasteiger partial charge is 0.305 e. The monoisotopic (exact) mass is 944 g/mol. The molecule has 0 aromatic carbocycles. The highest BCUT2D eigenvalue weighted by Crippen LogP contribution is 2.18. The molecule has 0 aliphatic heterocycles. The van der Waals surface area contributed by atoms with Gasteiger partial charge in [-0.3, -0.25) is 9.59 Å². The molecule has 0 aliphatic carbocycles. The van der Waals surface area contributed by atoms with Gasteiger partial charge >= 0.3 is 5.97 Å². The van der Waals surface area contributed by atoms with Gasteiger partial charge in [0.2, 0.25) is 5.91 Å². The fourth-order valence-electron chi connectivity index (χ4n) is 9.42. The molecule has 0 aliphatic rings. The summed E-state index contributed by atoms with van der Waals surface area (Å²) in [6.45, 7) is 4.85. The highest BCUT2D eigenvalue weighted by Gasteiger charge is 2.20. The van der Waals surface area contributed by atoms with Crippen molar-refractivity contribution < 1.29 is 24.5 Å². The van der Waals surface area contributed by atoms with Gasteiger partial charge in [0.15, 0.2) is 0 Å². The van der Waals surface area contributed by atoms with Gasteiger partial charge < -0.3 is 20.3 Å². The number of esters is 1. The van der Waals surface area contributed by atoms with Crippen LogP contribution in [0.15, 0.2) is 24.3 Å². The Morgan fingerprint density at radius 3 is 1.13 bits per heavy atom. The number of aliphatic hydroxyl groups excluding tert-OH is 2. The van der Waals surface area contributed by atoms with Crippen LogP contribution in [0, 0.1) is 0 Å². The lowest BCUT2D eigenvalue weighted by Crippen LogP contribution is -2.45. The van der Waals surface area contributed by atoms with Crippen LogP contribution in [0.4, 0.5) is 0 Å². The normalized spacial score (nSPS) is 12.7. The molecule has 1 amide bonds. The average Bonchev–Trinajstić information content (AvgIpc) is 3.33. The van der Waals surface area contributed by atoms with Crippen LogP contribution in [-0.2, 0) is 14.3 Å². The van der Waals surface area contributed by atoms with Gasteiger partial charge in [0.1, 0.15) is 0 Å². The Bertz CT molecular complexity index is 1040. The lowest BCUT2D eigenvalue weighted by atomic mass is 10.0. The minimum atomic E-state index is -0.666. The first kappa shape index (κ1) is 65.3. The highest BCUT2D eigenvalue weighted by molar-refractivity contribution is 5.76. The van der Waals surface area contributed by atoms with Crippen molar-refractivity contribution in [2.75, 3.05) is 13.2 Å². The summed E-state index contributed by atoms with van der Waals surface area (Å²) in [5.41, 5.74) is 0. The fourth-order valence-corrected chi connectivity index (χ4v) is 9.42. The van der Waals surface area contributed by atoms with Crippen molar-refractivity contribution in [2.24, 2.45) is 0 Å². The van der Waals surface area contributed by atoms with Gasteiger partial charge in [-0.1, -0.05) is 295 Å². The zero-order valence-corrected chi connectivity index (χ0v) is 45.1. The maximum atomic E-state index is 12.4. The molecular formula is C61H117NO5. The zero-order valence-electron chi connectivity index (χ0n) is 45.1. The van der Waals surface area contributed by atoms with Gasteiger partial charge in [-0.15, -0.1) is 0 Å². The van der Waals surface area contributed by atoms with E-state index in [9.17, 15) is 19.8 Å². The van der Waals surface area contributed by atoms with Gasteiger partial charge in [0.25, 0.3) is 0 Å². The number of aliphatic hydroxyl groups is 2. The molecular weight excluding hydrogens is 827 g/mol. The summed E-state index contributed by atoms with van der Waals surface area (Å²) in [6.07, 6.45) is 69.2. The van der Waals surface area contributed by atoms with E-state index in [1.807, 2.05) is 0 Å². The van der Waals surface area contributed by atoms with Crippen LogP contribution in [0.3, 0.4) is 0 Å². The van der Waals surface area contributed by atoms with E-state index in [1.165, 1.54) is 244 Å². The lowest BCUT2D eigenvalue weighted by Gasteiger charge is -2.22. The molecule has 0 aromatic heterocycles. The Kier molecular flexibility index (Phi) is 55.5. The van der Waals surface area contributed by atoms with E-state index in [2.05, 4.69) is 43.5 Å². The van der Waals surface area contributed by atoms with Crippen LogP contribution in [0.25, 0.3) is 0 Å². The van der Waals surface area contributed by atoms with Crippen molar-refractivity contribution in [1.29, 1.82) is 0 Å². The molecule has 0 fully saturated rings. The number of amides is 1. The van der Waals surface area contributed by atoms with Gasteiger partial charge in [0.05, 0.1) is 25.4 Å². The minimum Gasteiger partial charge on any atom is -0.465 e. The number of unbranched alkanes of at least 4 members (excludes halogenated alkanes) is 41. The third-order valence-electron chi connectivity index (χ3n) is 14.0. The maximum absolute atomic E-state index is 12.4. The molecule has 0 aromatic rings. The van der Waals surface area contributed by atoms with Crippen molar-refractivity contribution in [1.82, 2.24) is 5.32 Å². The number of hydrogen-bond donors (Lipinski definition) is 3. The molecule has 6 nitrogen and oxygen atoms in total. The predicted molar refractivity (Wildman–Crippen MR) is 292 cm³/mol. The molecule has 0 saturated heterocycles. The number of carbonyl (C=O) groups is 2. The number of ether oxygens (including phenoxy) is 1. The van der Waals surface area contributed by atoms with Crippen LogP contribution in [-0.4, -0.2) is 47.4 Å². The second-order valence-electron chi connectivity index (χ2n) is 20.7. The van der Waals surface area contributed by atoms with Gasteiger partial charge in [0, 0.05) is 12.8 Å². The number of hydrogen-bond acceptors (Lipinski definition) is 5. The summed E-state index contributed by atoms with van der Waals surface area (Å²) in [5, 5.41) is 23.2. The number of rotatable bonds is 56. The highest BCUT2D eigenvalue weighted by atomic mass is 16.5. The topological polar surface area (TPSA) is 95.9 Å². The van der Waals surface area contributed by atoms with Crippen molar-refractivity contribution in [3.63, 3.8) is 0 Å². The van der Waals surface area contributed by atoms with Crippen molar-refractivity contribution in [3.8, 4) is 0 Å². The van der Waals surface area contributed by atoms with Crippen molar-refractivity contribution in [2.45, 2.75) is 341 Å². The molecule has 0 heterocycles. The molecule has 0 saturated carbocycles. The summed E-state index contributed by atoms with van der Waals surface area (Å²) in [6, 6.07) is -0.544. The van der Waals surface area contributed by atoms with Gasteiger partial charge in [-0.2, -0.15) is 0 Å². The first-order valence-electron chi connectivity index (χ1n) is 30.1. The number of allylic oxidation sites excluding steroid dienone is 3. The number of nitrogens with one attached hydrogen (secondary N) is 1. The van der Waals surface area contributed by atoms with E-state index in [4.69, 9.17) is 4.74 Å². The molecule has 396 valence electrons. The fraction of sp³-hybridized carbons (Fsp3) is 0.902. The Balaban J connectivity index is 3.41. The van der Waals surface area contributed by atoms with E-state index in [1.54, 1.807) is 0 Å². The third-order valence-corrected chi connectivity index (χ3v) is 14.0. The predicted octanol–water partition coefficient (Wildman–Crippen LogP) is 18.6. The summed E-state index contributed by atoms with van der Waals surface area (Å²) in [5.74, 6) is -0.0705. The molecule has 3 N–H and O–H groups in total.